The van der Waals surface area contributed by atoms with Gasteiger partial charge in [0.15, 0.2) is 0 Å². The highest BCUT2D eigenvalue weighted by Gasteiger charge is 2.19. The van der Waals surface area contributed by atoms with Crippen molar-refractivity contribution in [2.24, 2.45) is 11.1 Å². The Morgan fingerprint density at radius 1 is 1.24 bits per heavy atom. The van der Waals surface area contributed by atoms with Crippen LogP contribution in [0.5, 0.6) is 0 Å². The molecule has 1 aromatic rings. The van der Waals surface area contributed by atoms with Crippen molar-refractivity contribution in [3.63, 3.8) is 0 Å². The first-order valence-electron chi connectivity index (χ1n) is 7.38. The molecule has 0 bridgehead atoms. The molecule has 21 heavy (non-hydrogen) atoms. The van der Waals surface area contributed by atoms with Crippen LogP contribution < -0.4 is 5.73 Å². The maximum Gasteiger partial charge on any atom is 0.0542 e. The molecule has 0 amide bonds. The highest BCUT2D eigenvalue weighted by atomic mass is 35.5. The van der Waals surface area contributed by atoms with Gasteiger partial charge >= 0.3 is 0 Å². The van der Waals surface area contributed by atoms with E-state index in [9.17, 15) is 0 Å². The number of nitrogens with two attached hydrogens (primary N) is 1. The van der Waals surface area contributed by atoms with Crippen molar-refractivity contribution in [3.05, 3.63) is 28.2 Å². The normalized spacial score (nSPS) is 12.1. The minimum absolute atomic E-state index is 0.160. The summed E-state index contributed by atoms with van der Waals surface area (Å²) in [5.41, 5.74) is 6.00. The second kappa shape index (κ2) is 9.26. The van der Waals surface area contributed by atoms with E-state index in [2.05, 4.69) is 25.7 Å². The Labute approximate surface area is 143 Å². The summed E-state index contributed by atoms with van der Waals surface area (Å²) in [5, 5.41) is 1.50. The summed E-state index contributed by atoms with van der Waals surface area (Å²) in [6, 6.07) is 5.61. The summed E-state index contributed by atoms with van der Waals surface area (Å²) in [6.45, 7) is 10.5. The molecule has 0 aliphatic rings. The summed E-state index contributed by atoms with van der Waals surface area (Å²) in [5.74, 6) is 1.00. The number of benzene rings is 1. The average Bonchev–Trinajstić information content (AvgIpc) is 2.42. The lowest BCUT2D eigenvalue weighted by Gasteiger charge is -2.31. The van der Waals surface area contributed by atoms with Crippen molar-refractivity contribution in [1.82, 2.24) is 4.90 Å². The fraction of sp³-hybridized carbons (Fsp3) is 0.625. The van der Waals surface area contributed by atoms with Crippen LogP contribution in [0.3, 0.4) is 0 Å². The minimum atomic E-state index is 0.160. The first-order valence-corrected chi connectivity index (χ1v) is 9.12. The summed E-state index contributed by atoms with van der Waals surface area (Å²) in [7, 11) is 0. The van der Waals surface area contributed by atoms with Crippen LogP contribution in [0.2, 0.25) is 10.0 Å². The fourth-order valence-corrected chi connectivity index (χ4v) is 3.63. The van der Waals surface area contributed by atoms with Crippen molar-refractivity contribution in [2.45, 2.75) is 32.1 Å². The zero-order chi connectivity index (χ0) is 15.9. The molecule has 0 saturated heterocycles. The molecule has 0 saturated carbocycles. The Hall–Kier alpha value is 0.0700. The Bertz CT molecular complexity index is 438. The monoisotopic (exact) mass is 348 g/mol. The van der Waals surface area contributed by atoms with Gasteiger partial charge in [-0.15, -0.1) is 11.8 Å². The molecule has 2 nitrogen and oxygen atoms in total. The highest BCUT2D eigenvalue weighted by molar-refractivity contribution is 7.99. The lowest BCUT2D eigenvalue weighted by Crippen LogP contribution is -2.40. The van der Waals surface area contributed by atoms with E-state index in [-0.39, 0.29) is 5.41 Å². The van der Waals surface area contributed by atoms with Crippen molar-refractivity contribution in [3.8, 4) is 0 Å². The first kappa shape index (κ1) is 19.1. The van der Waals surface area contributed by atoms with Crippen molar-refractivity contribution >= 4 is 35.0 Å². The summed E-state index contributed by atoms with van der Waals surface area (Å²) in [6.07, 6.45) is 1.16. The molecule has 120 valence electrons. The van der Waals surface area contributed by atoms with Crippen LogP contribution in [0.4, 0.5) is 0 Å². The Morgan fingerprint density at radius 2 is 1.95 bits per heavy atom. The number of thioether (sulfide) groups is 1. The molecule has 0 radical (unpaired) electrons. The van der Waals surface area contributed by atoms with Gasteiger partial charge in [-0.3, -0.25) is 0 Å². The van der Waals surface area contributed by atoms with Crippen LogP contribution in [0.25, 0.3) is 0 Å². The number of nitrogens with zero attached hydrogens (tertiary/aromatic N) is 1. The number of halogens is 2. The quantitative estimate of drug-likeness (QED) is 0.651. The molecule has 0 aliphatic carbocycles. The van der Waals surface area contributed by atoms with E-state index >= 15 is 0 Å². The van der Waals surface area contributed by atoms with Crippen molar-refractivity contribution in [2.75, 3.05) is 31.9 Å². The molecule has 5 heteroatoms. The SMILES string of the molecule is CCCN(CCSc1cc(Cl)ccc1Cl)CC(C)(C)CN. The molecule has 0 spiro atoms. The largest absolute Gasteiger partial charge is 0.330 e. The smallest absolute Gasteiger partial charge is 0.0542 e. The zero-order valence-electron chi connectivity index (χ0n) is 13.2. The molecule has 1 rings (SSSR count). The topological polar surface area (TPSA) is 29.3 Å². The third-order valence-corrected chi connectivity index (χ3v) is 5.01. The van der Waals surface area contributed by atoms with Crippen LogP contribution in [-0.2, 0) is 0 Å². The van der Waals surface area contributed by atoms with Gasteiger partial charge in [-0.1, -0.05) is 44.0 Å². The lowest BCUT2D eigenvalue weighted by molar-refractivity contribution is 0.192. The Morgan fingerprint density at radius 3 is 2.57 bits per heavy atom. The second-order valence-corrected chi connectivity index (χ2v) is 8.05. The summed E-state index contributed by atoms with van der Waals surface area (Å²) < 4.78 is 0. The number of hydrogen-bond donors (Lipinski definition) is 1. The third-order valence-electron chi connectivity index (χ3n) is 3.30. The van der Waals surface area contributed by atoms with Crippen LogP contribution >= 0.6 is 35.0 Å². The molecule has 1 aromatic carbocycles. The van der Waals surface area contributed by atoms with Crippen LogP contribution in [0.1, 0.15) is 27.2 Å². The number of hydrogen-bond acceptors (Lipinski definition) is 3. The van der Waals surface area contributed by atoms with Crippen LogP contribution in [0.15, 0.2) is 23.1 Å². The molecule has 0 fully saturated rings. The molecular formula is C16H26Cl2N2S. The Kier molecular flexibility index (Phi) is 8.43. The van der Waals surface area contributed by atoms with Gasteiger partial charge in [-0.2, -0.15) is 0 Å². The fourth-order valence-electron chi connectivity index (χ4n) is 2.13. The van der Waals surface area contributed by atoms with E-state index in [1.807, 2.05) is 18.2 Å². The summed E-state index contributed by atoms with van der Waals surface area (Å²) in [4.78, 5) is 3.54. The first-order chi connectivity index (χ1) is 9.88. The van der Waals surface area contributed by atoms with Gasteiger partial charge in [0.1, 0.15) is 0 Å². The van der Waals surface area contributed by atoms with Crippen LogP contribution in [-0.4, -0.2) is 36.8 Å². The highest BCUT2D eigenvalue weighted by Crippen LogP contribution is 2.30. The van der Waals surface area contributed by atoms with Crippen LogP contribution in [0, 0.1) is 5.41 Å². The molecule has 2 N–H and O–H groups in total. The van der Waals surface area contributed by atoms with Gasteiger partial charge in [0.2, 0.25) is 0 Å². The van der Waals surface area contributed by atoms with E-state index in [1.165, 1.54) is 0 Å². The van der Waals surface area contributed by atoms with Gasteiger partial charge in [0, 0.05) is 28.8 Å². The van der Waals surface area contributed by atoms with Gasteiger partial charge in [-0.25, -0.2) is 0 Å². The van der Waals surface area contributed by atoms with E-state index in [4.69, 9.17) is 28.9 Å². The second-order valence-electron chi connectivity index (χ2n) is 6.07. The van der Waals surface area contributed by atoms with Gasteiger partial charge in [0.05, 0.1) is 5.02 Å². The summed E-state index contributed by atoms with van der Waals surface area (Å²) >= 11 is 14.0. The minimum Gasteiger partial charge on any atom is -0.330 e. The van der Waals surface area contributed by atoms with E-state index in [0.29, 0.717) is 6.54 Å². The van der Waals surface area contributed by atoms with Crippen molar-refractivity contribution < 1.29 is 0 Å². The molecule has 0 aliphatic heterocycles. The molecule has 0 heterocycles. The number of rotatable bonds is 9. The average molecular weight is 349 g/mol. The maximum absolute atomic E-state index is 6.19. The Balaban J connectivity index is 2.51. The van der Waals surface area contributed by atoms with E-state index in [1.54, 1.807) is 11.8 Å². The predicted molar refractivity (Wildman–Crippen MR) is 96.8 cm³/mol. The molecule has 0 aromatic heterocycles. The van der Waals surface area contributed by atoms with Crippen molar-refractivity contribution in [1.29, 1.82) is 0 Å². The van der Waals surface area contributed by atoms with Gasteiger partial charge < -0.3 is 10.6 Å². The molecular weight excluding hydrogens is 323 g/mol. The maximum atomic E-state index is 6.19. The van der Waals surface area contributed by atoms with E-state index in [0.717, 1.165) is 46.7 Å². The standard InChI is InChI=1S/C16H26Cl2N2S/c1-4-7-20(12-16(2,3)11-19)8-9-21-15-10-13(17)5-6-14(15)18/h5-6,10H,4,7-9,11-12,19H2,1-3H3. The zero-order valence-corrected chi connectivity index (χ0v) is 15.5. The van der Waals surface area contributed by atoms with Gasteiger partial charge in [0.25, 0.3) is 0 Å². The molecule has 0 atom stereocenters. The van der Waals surface area contributed by atoms with Gasteiger partial charge in [-0.05, 0) is 43.1 Å². The predicted octanol–water partition coefficient (Wildman–Crippen LogP) is 4.78. The molecule has 0 unspecified atom stereocenters. The third kappa shape index (κ3) is 7.25. The lowest BCUT2D eigenvalue weighted by atomic mass is 9.93. The van der Waals surface area contributed by atoms with E-state index < -0.39 is 0 Å².